The van der Waals surface area contributed by atoms with Gasteiger partial charge in [-0.1, -0.05) is 82.7 Å². The molecule has 4 rings (SSSR count). The molecule has 0 unspecified atom stereocenters. The van der Waals surface area contributed by atoms with Crippen LogP contribution >= 0.6 is 15.9 Å². The fraction of sp³-hybridized carbons (Fsp3) is 0.0714. The number of hydrogen-bond acceptors (Lipinski definition) is 4. The Morgan fingerprint density at radius 1 is 0.743 bits per heavy atom. The molecule has 0 atom stereocenters. The van der Waals surface area contributed by atoms with E-state index in [0.29, 0.717) is 17.1 Å². The van der Waals surface area contributed by atoms with Crippen LogP contribution in [0.15, 0.2) is 108 Å². The summed E-state index contributed by atoms with van der Waals surface area (Å²) < 4.78 is 12.2. The van der Waals surface area contributed by atoms with Crippen LogP contribution in [0.1, 0.15) is 27.6 Å². The van der Waals surface area contributed by atoms with E-state index in [1.807, 2.05) is 72.8 Å². The van der Waals surface area contributed by atoms with E-state index in [1.54, 1.807) is 24.3 Å². The van der Waals surface area contributed by atoms with Crippen molar-refractivity contribution < 1.29 is 19.1 Å². The highest BCUT2D eigenvalue weighted by Crippen LogP contribution is 2.32. The number of amides is 2. The molecule has 0 saturated carbocycles. The lowest BCUT2D eigenvalue weighted by Gasteiger charge is -2.22. The van der Waals surface area contributed by atoms with E-state index in [1.165, 1.54) is 13.2 Å². The maximum atomic E-state index is 12.6. The third-order valence-corrected chi connectivity index (χ3v) is 5.67. The Bertz CT molecular complexity index is 1270. The van der Waals surface area contributed by atoms with Crippen LogP contribution in [0.25, 0.3) is 0 Å². The minimum absolute atomic E-state index is 0.199. The van der Waals surface area contributed by atoms with Gasteiger partial charge in [-0.05, 0) is 47.5 Å². The van der Waals surface area contributed by atoms with Crippen molar-refractivity contribution in [2.45, 2.75) is 6.10 Å². The Morgan fingerprint density at radius 3 is 1.91 bits per heavy atom. The largest absolute Gasteiger partial charge is 0.480 e. The maximum absolute atomic E-state index is 12.6. The van der Waals surface area contributed by atoms with E-state index in [0.717, 1.165) is 15.6 Å². The highest BCUT2D eigenvalue weighted by Gasteiger charge is 2.21. The normalized spacial score (nSPS) is 10.5. The first-order valence-electron chi connectivity index (χ1n) is 10.9. The first-order chi connectivity index (χ1) is 17.0. The molecule has 0 aliphatic carbocycles. The van der Waals surface area contributed by atoms with Crippen molar-refractivity contribution in [3.05, 3.63) is 124 Å². The molecule has 4 aromatic carbocycles. The van der Waals surface area contributed by atoms with Gasteiger partial charge in [-0.15, -0.1) is 0 Å². The van der Waals surface area contributed by atoms with Crippen LogP contribution in [0.2, 0.25) is 0 Å². The Kier molecular flexibility index (Phi) is 7.80. The van der Waals surface area contributed by atoms with E-state index in [2.05, 4.69) is 26.6 Å². The van der Waals surface area contributed by atoms with Crippen molar-refractivity contribution >= 4 is 39.3 Å². The van der Waals surface area contributed by atoms with Gasteiger partial charge in [0.15, 0.2) is 0 Å². The minimum Gasteiger partial charge on any atom is -0.480 e. The van der Waals surface area contributed by atoms with Crippen molar-refractivity contribution in [2.24, 2.45) is 0 Å². The van der Waals surface area contributed by atoms with Crippen molar-refractivity contribution in [1.82, 2.24) is 0 Å². The molecular formula is C28H23BrN2O4. The summed E-state index contributed by atoms with van der Waals surface area (Å²) in [5, 5.41) is 5.50. The average molecular weight is 531 g/mol. The lowest BCUT2D eigenvalue weighted by atomic mass is 10.0. The Hall–Kier alpha value is -4.10. The number of anilines is 2. The van der Waals surface area contributed by atoms with Crippen LogP contribution in [0, 0.1) is 0 Å². The number of halogens is 1. The molecular weight excluding hydrogens is 508 g/mol. The molecule has 0 spiro atoms. The van der Waals surface area contributed by atoms with Crippen LogP contribution in [-0.2, 0) is 4.74 Å². The highest BCUT2D eigenvalue weighted by atomic mass is 79.9. The maximum Gasteiger partial charge on any atom is 0.341 e. The fourth-order valence-corrected chi connectivity index (χ4v) is 3.95. The zero-order chi connectivity index (χ0) is 24.6. The molecule has 4 aromatic rings. The molecule has 0 fully saturated rings. The topological polar surface area (TPSA) is 76.7 Å². The molecule has 2 amide bonds. The number of nitrogens with one attached hydrogen (secondary N) is 2. The first-order valence-corrected chi connectivity index (χ1v) is 11.7. The van der Waals surface area contributed by atoms with Gasteiger partial charge in [0.05, 0.1) is 7.11 Å². The number of methoxy groups -OCH3 is 1. The van der Waals surface area contributed by atoms with Gasteiger partial charge < -0.3 is 20.1 Å². The Balaban J connectivity index is 1.61. The summed E-state index contributed by atoms with van der Waals surface area (Å²) in [6.07, 6.45) is -0.445. The summed E-state index contributed by atoms with van der Waals surface area (Å²) in [4.78, 5) is 25.1. The van der Waals surface area contributed by atoms with E-state index in [9.17, 15) is 9.59 Å². The number of benzene rings is 4. The Labute approximate surface area is 212 Å². The number of carbonyl (C=O) groups excluding carboxylic acids is 2. The molecule has 0 saturated heterocycles. The van der Waals surface area contributed by atoms with Gasteiger partial charge in [0, 0.05) is 15.8 Å². The van der Waals surface area contributed by atoms with Gasteiger partial charge in [-0.3, -0.25) is 0 Å². The molecule has 35 heavy (non-hydrogen) atoms. The summed E-state index contributed by atoms with van der Waals surface area (Å²) in [6, 6.07) is 31.2. The average Bonchev–Trinajstić information content (AvgIpc) is 2.88. The number of ether oxygens (including phenoxy) is 2. The molecule has 0 heterocycles. The van der Waals surface area contributed by atoms with Crippen LogP contribution in [-0.4, -0.2) is 19.1 Å². The molecule has 6 nitrogen and oxygen atoms in total. The summed E-state index contributed by atoms with van der Waals surface area (Å²) >= 11 is 3.38. The van der Waals surface area contributed by atoms with Gasteiger partial charge in [0.25, 0.3) is 0 Å². The molecule has 7 heteroatoms. The molecule has 0 bridgehead atoms. The lowest BCUT2D eigenvalue weighted by Crippen LogP contribution is -2.20. The van der Waals surface area contributed by atoms with Crippen LogP contribution in [0.4, 0.5) is 16.2 Å². The van der Waals surface area contributed by atoms with Crippen molar-refractivity contribution in [1.29, 1.82) is 0 Å². The minimum atomic E-state index is -0.573. The van der Waals surface area contributed by atoms with Gasteiger partial charge in [0.2, 0.25) is 0 Å². The SMILES string of the molecule is COC(=O)c1cc(NC(=O)Nc2cccc(Br)c2)ccc1OC(c1ccccc1)c1ccccc1. The number of carbonyl (C=O) groups is 2. The van der Waals surface area contributed by atoms with Crippen molar-refractivity contribution in [3.63, 3.8) is 0 Å². The third kappa shape index (κ3) is 6.28. The van der Waals surface area contributed by atoms with Crippen LogP contribution in [0.3, 0.4) is 0 Å². The first kappa shape index (κ1) is 24.0. The number of rotatable bonds is 7. The van der Waals surface area contributed by atoms with E-state index < -0.39 is 18.1 Å². The van der Waals surface area contributed by atoms with Crippen LogP contribution < -0.4 is 15.4 Å². The molecule has 0 aliphatic heterocycles. The zero-order valence-electron chi connectivity index (χ0n) is 18.9. The fourth-order valence-electron chi connectivity index (χ4n) is 3.55. The molecule has 0 radical (unpaired) electrons. The van der Waals surface area contributed by atoms with Crippen molar-refractivity contribution in [2.75, 3.05) is 17.7 Å². The lowest BCUT2D eigenvalue weighted by molar-refractivity contribution is 0.0594. The number of hydrogen-bond donors (Lipinski definition) is 2. The zero-order valence-corrected chi connectivity index (χ0v) is 20.5. The smallest absolute Gasteiger partial charge is 0.341 e. The molecule has 0 aliphatic rings. The standard InChI is InChI=1S/C28H23BrN2O4/c1-34-27(32)24-18-23(31-28(33)30-22-14-8-13-21(29)17-22)15-16-25(24)35-26(19-9-4-2-5-10-19)20-11-6-3-7-12-20/h2-18,26H,1H3,(H2,30,31,33). The van der Waals surface area contributed by atoms with Gasteiger partial charge in [-0.2, -0.15) is 0 Å². The molecule has 176 valence electrons. The monoisotopic (exact) mass is 530 g/mol. The van der Waals surface area contributed by atoms with Crippen LogP contribution in [0.5, 0.6) is 5.75 Å². The van der Waals surface area contributed by atoms with E-state index in [4.69, 9.17) is 9.47 Å². The summed E-state index contributed by atoms with van der Waals surface area (Å²) in [5.41, 5.74) is 3.11. The molecule has 0 aromatic heterocycles. The second kappa shape index (κ2) is 11.4. The predicted octanol–water partition coefficient (Wildman–Crippen LogP) is 7.05. The Morgan fingerprint density at radius 2 is 1.34 bits per heavy atom. The van der Waals surface area contributed by atoms with E-state index in [-0.39, 0.29) is 5.56 Å². The van der Waals surface area contributed by atoms with Gasteiger partial charge >= 0.3 is 12.0 Å². The second-order valence-electron chi connectivity index (χ2n) is 7.61. The summed E-state index contributed by atoms with van der Waals surface area (Å²) in [7, 11) is 1.30. The van der Waals surface area contributed by atoms with Gasteiger partial charge in [-0.25, -0.2) is 9.59 Å². The summed E-state index contributed by atoms with van der Waals surface area (Å²) in [5.74, 6) is -0.233. The van der Waals surface area contributed by atoms with Crippen molar-refractivity contribution in [3.8, 4) is 5.75 Å². The predicted molar refractivity (Wildman–Crippen MR) is 140 cm³/mol. The third-order valence-electron chi connectivity index (χ3n) is 5.17. The second-order valence-corrected chi connectivity index (χ2v) is 8.53. The molecule has 2 N–H and O–H groups in total. The highest BCUT2D eigenvalue weighted by molar-refractivity contribution is 9.10. The number of urea groups is 1. The quantitative estimate of drug-likeness (QED) is 0.251. The van der Waals surface area contributed by atoms with E-state index >= 15 is 0 Å². The number of esters is 1. The summed E-state index contributed by atoms with van der Waals surface area (Å²) in [6.45, 7) is 0. The van der Waals surface area contributed by atoms with Gasteiger partial charge in [0.1, 0.15) is 17.4 Å².